The minimum absolute atomic E-state index is 0.270. The van der Waals surface area contributed by atoms with Crippen molar-refractivity contribution in [1.29, 1.82) is 0 Å². The molecule has 0 spiro atoms. The van der Waals surface area contributed by atoms with Gasteiger partial charge in [0.2, 0.25) is 0 Å². The van der Waals surface area contributed by atoms with Crippen molar-refractivity contribution in [2.24, 2.45) is 7.05 Å². The summed E-state index contributed by atoms with van der Waals surface area (Å²) in [5.74, 6) is -0.0251. The first-order valence-electron chi connectivity index (χ1n) is 6.63. The average molecular weight is 278 g/mol. The molecule has 108 valence electrons. The first-order valence-corrected chi connectivity index (χ1v) is 6.63. The largest absolute Gasteiger partial charge is 0.487 e. The predicted octanol–water partition coefficient (Wildman–Crippen LogP) is 2.75. The Kier molecular flexibility index (Phi) is 4.39. The molecule has 0 aliphatic carbocycles. The topological polar surface area (TPSA) is 47.3 Å². The summed E-state index contributed by atoms with van der Waals surface area (Å²) in [6.45, 7) is 3.90. The first kappa shape index (κ1) is 14.5. The van der Waals surface area contributed by atoms with Crippen LogP contribution in [0, 0.1) is 5.82 Å². The Morgan fingerprint density at radius 3 is 2.70 bits per heavy atom. The fourth-order valence-corrected chi connectivity index (χ4v) is 1.97. The summed E-state index contributed by atoms with van der Waals surface area (Å²) in [6, 6.07) is 6.46. The molecule has 0 amide bonds. The summed E-state index contributed by atoms with van der Waals surface area (Å²) in [5.41, 5.74) is 2.20. The smallest absolute Gasteiger partial charge is 0.132 e. The van der Waals surface area contributed by atoms with Crippen molar-refractivity contribution in [3.63, 3.8) is 0 Å². The molecule has 0 aliphatic rings. The van der Waals surface area contributed by atoms with Gasteiger partial charge in [-0.05, 0) is 31.5 Å². The second-order valence-electron chi connectivity index (χ2n) is 4.75. The van der Waals surface area contributed by atoms with E-state index in [1.165, 1.54) is 19.1 Å². The molecule has 2 aromatic rings. The zero-order chi connectivity index (χ0) is 14.7. The number of nitrogens with zero attached hydrogens (tertiary/aromatic N) is 2. The molecular formula is C15H19FN2O2. The molecule has 1 N–H and O–H groups in total. The van der Waals surface area contributed by atoms with Gasteiger partial charge in [0.05, 0.1) is 17.5 Å². The van der Waals surface area contributed by atoms with Crippen LogP contribution in [0.3, 0.4) is 0 Å². The highest BCUT2D eigenvalue weighted by molar-refractivity contribution is 5.30. The van der Waals surface area contributed by atoms with E-state index in [1.54, 1.807) is 10.7 Å². The predicted molar refractivity (Wildman–Crippen MR) is 74.0 cm³/mol. The molecule has 0 saturated heterocycles. The van der Waals surface area contributed by atoms with Crippen LogP contribution in [0.2, 0.25) is 0 Å². The normalized spacial score (nSPS) is 12.4. The molecule has 1 aromatic heterocycles. The van der Waals surface area contributed by atoms with E-state index in [9.17, 15) is 9.50 Å². The summed E-state index contributed by atoms with van der Waals surface area (Å²) >= 11 is 0. The fourth-order valence-electron chi connectivity index (χ4n) is 1.97. The number of benzene rings is 1. The molecule has 1 unspecified atom stereocenters. The summed E-state index contributed by atoms with van der Waals surface area (Å²) in [7, 11) is 1.86. The van der Waals surface area contributed by atoms with E-state index < -0.39 is 11.9 Å². The zero-order valence-corrected chi connectivity index (χ0v) is 11.9. The van der Waals surface area contributed by atoms with Crippen molar-refractivity contribution in [2.45, 2.75) is 33.0 Å². The number of rotatable bonds is 5. The standard InChI is InChI=1S/C15H19FN2O2/c1-4-11-7-12(18(3)17-11)9-20-13-5-6-14(10(2)19)15(16)8-13/h5-8,10,19H,4,9H2,1-3H3. The Hall–Kier alpha value is -1.88. The van der Waals surface area contributed by atoms with Crippen LogP contribution in [-0.2, 0) is 20.1 Å². The van der Waals surface area contributed by atoms with E-state index in [2.05, 4.69) is 5.10 Å². The third kappa shape index (κ3) is 3.17. The highest BCUT2D eigenvalue weighted by atomic mass is 19.1. The van der Waals surface area contributed by atoms with Gasteiger partial charge in [-0.2, -0.15) is 5.10 Å². The maximum atomic E-state index is 13.7. The van der Waals surface area contributed by atoms with Gasteiger partial charge in [-0.3, -0.25) is 4.68 Å². The lowest BCUT2D eigenvalue weighted by Gasteiger charge is -2.10. The van der Waals surface area contributed by atoms with Gasteiger partial charge in [0.25, 0.3) is 0 Å². The summed E-state index contributed by atoms with van der Waals surface area (Å²) in [4.78, 5) is 0. The number of halogens is 1. The monoisotopic (exact) mass is 278 g/mol. The van der Waals surface area contributed by atoms with Crippen LogP contribution in [0.5, 0.6) is 5.75 Å². The molecule has 0 radical (unpaired) electrons. The minimum atomic E-state index is -0.826. The fraction of sp³-hybridized carbons (Fsp3) is 0.400. The van der Waals surface area contributed by atoms with Crippen molar-refractivity contribution < 1.29 is 14.2 Å². The minimum Gasteiger partial charge on any atom is -0.487 e. The zero-order valence-electron chi connectivity index (χ0n) is 11.9. The molecule has 20 heavy (non-hydrogen) atoms. The van der Waals surface area contributed by atoms with Gasteiger partial charge >= 0.3 is 0 Å². The van der Waals surface area contributed by atoms with Crippen LogP contribution in [0.4, 0.5) is 4.39 Å². The molecule has 0 aliphatic heterocycles. The van der Waals surface area contributed by atoms with E-state index in [0.29, 0.717) is 12.4 Å². The lowest BCUT2D eigenvalue weighted by molar-refractivity contribution is 0.193. The third-order valence-corrected chi connectivity index (χ3v) is 3.20. The van der Waals surface area contributed by atoms with Crippen molar-refractivity contribution in [2.75, 3.05) is 0 Å². The molecular weight excluding hydrogens is 259 g/mol. The number of ether oxygens (including phenoxy) is 1. The molecule has 1 atom stereocenters. The summed E-state index contributed by atoms with van der Waals surface area (Å²) < 4.78 is 21.0. The highest BCUT2D eigenvalue weighted by Gasteiger charge is 2.10. The van der Waals surface area contributed by atoms with E-state index >= 15 is 0 Å². The van der Waals surface area contributed by atoms with Crippen molar-refractivity contribution in [3.8, 4) is 5.75 Å². The van der Waals surface area contributed by atoms with Crippen LogP contribution in [-0.4, -0.2) is 14.9 Å². The van der Waals surface area contributed by atoms with E-state index in [1.807, 2.05) is 20.0 Å². The molecule has 5 heteroatoms. The van der Waals surface area contributed by atoms with E-state index in [0.717, 1.165) is 17.8 Å². The number of hydrogen-bond acceptors (Lipinski definition) is 3. The van der Waals surface area contributed by atoms with Crippen molar-refractivity contribution in [3.05, 3.63) is 47.0 Å². The second kappa shape index (κ2) is 6.05. The van der Waals surface area contributed by atoms with Gasteiger partial charge < -0.3 is 9.84 Å². The Bertz CT molecular complexity index is 594. The Balaban J connectivity index is 2.07. The number of aromatic nitrogens is 2. The van der Waals surface area contributed by atoms with Gasteiger partial charge in [-0.15, -0.1) is 0 Å². The lowest BCUT2D eigenvalue weighted by Crippen LogP contribution is -2.04. The van der Waals surface area contributed by atoms with Crippen LogP contribution < -0.4 is 4.74 Å². The Morgan fingerprint density at radius 2 is 2.15 bits per heavy atom. The van der Waals surface area contributed by atoms with Crippen LogP contribution in [0.15, 0.2) is 24.3 Å². The van der Waals surface area contributed by atoms with Gasteiger partial charge in [-0.25, -0.2) is 4.39 Å². The third-order valence-electron chi connectivity index (χ3n) is 3.20. The van der Waals surface area contributed by atoms with Crippen LogP contribution in [0.25, 0.3) is 0 Å². The Morgan fingerprint density at radius 1 is 1.40 bits per heavy atom. The van der Waals surface area contributed by atoms with Gasteiger partial charge in [-0.1, -0.05) is 6.92 Å². The molecule has 0 saturated carbocycles. The number of aliphatic hydroxyl groups excluding tert-OH is 1. The lowest BCUT2D eigenvalue weighted by atomic mass is 10.1. The summed E-state index contributed by atoms with van der Waals surface area (Å²) in [5, 5.41) is 13.7. The van der Waals surface area contributed by atoms with Crippen LogP contribution in [0.1, 0.15) is 36.9 Å². The number of hydrogen-bond donors (Lipinski definition) is 1. The van der Waals surface area contributed by atoms with Crippen molar-refractivity contribution in [1.82, 2.24) is 9.78 Å². The van der Waals surface area contributed by atoms with E-state index in [-0.39, 0.29) is 5.56 Å². The van der Waals surface area contributed by atoms with Gasteiger partial charge in [0.15, 0.2) is 0 Å². The van der Waals surface area contributed by atoms with E-state index in [4.69, 9.17) is 4.74 Å². The van der Waals surface area contributed by atoms with Crippen LogP contribution >= 0.6 is 0 Å². The molecule has 0 bridgehead atoms. The van der Waals surface area contributed by atoms with Gasteiger partial charge in [0.1, 0.15) is 18.2 Å². The average Bonchev–Trinajstić information content (AvgIpc) is 2.76. The maximum Gasteiger partial charge on any atom is 0.132 e. The van der Waals surface area contributed by atoms with Crippen molar-refractivity contribution >= 4 is 0 Å². The summed E-state index contributed by atoms with van der Waals surface area (Å²) in [6.07, 6.45) is 0.0409. The molecule has 4 nitrogen and oxygen atoms in total. The Labute approximate surface area is 117 Å². The van der Waals surface area contributed by atoms with Gasteiger partial charge in [0, 0.05) is 18.7 Å². The number of aryl methyl sites for hydroxylation is 2. The molecule has 0 fully saturated rings. The highest BCUT2D eigenvalue weighted by Crippen LogP contribution is 2.22. The molecule has 1 aromatic carbocycles. The number of aliphatic hydroxyl groups is 1. The second-order valence-corrected chi connectivity index (χ2v) is 4.75. The maximum absolute atomic E-state index is 13.7. The quantitative estimate of drug-likeness (QED) is 0.914. The molecule has 2 rings (SSSR count). The first-order chi connectivity index (χ1) is 9.51. The molecule has 1 heterocycles. The SMILES string of the molecule is CCc1cc(COc2ccc(C(C)O)c(F)c2)n(C)n1.